The van der Waals surface area contributed by atoms with E-state index in [9.17, 15) is 4.79 Å². The van der Waals surface area contributed by atoms with Gasteiger partial charge in [0.2, 0.25) is 0 Å². The lowest BCUT2D eigenvalue weighted by Crippen LogP contribution is -2.29. The van der Waals surface area contributed by atoms with Crippen molar-refractivity contribution >= 4 is 11.7 Å². The molecule has 0 aliphatic carbocycles. The smallest absolute Gasteiger partial charge is 0.317 e. The van der Waals surface area contributed by atoms with Gasteiger partial charge in [0.15, 0.2) is 0 Å². The number of nitrogens with zero attached hydrogens (tertiary/aromatic N) is 1. The number of aliphatic carboxylic acids is 1. The van der Waals surface area contributed by atoms with Gasteiger partial charge in [0.05, 0.1) is 6.54 Å². The number of benzene rings is 1. The van der Waals surface area contributed by atoms with E-state index in [-0.39, 0.29) is 6.54 Å². The first-order valence-corrected chi connectivity index (χ1v) is 6.52. The molecule has 2 rings (SSSR count). The minimum Gasteiger partial charge on any atom is -0.480 e. The molecule has 1 aliphatic rings. The number of carboxylic acid groups (broad SMARTS) is 1. The van der Waals surface area contributed by atoms with Crippen LogP contribution >= 0.6 is 0 Å². The Morgan fingerprint density at radius 3 is 2.44 bits per heavy atom. The van der Waals surface area contributed by atoms with E-state index in [0.717, 1.165) is 18.7 Å². The molecule has 4 heteroatoms. The Morgan fingerprint density at radius 2 is 1.83 bits per heavy atom. The molecule has 0 amide bonds. The molecule has 0 unspecified atom stereocenters. The topological polar surface area (TPSA) is 52.6 Å². The van der Waals surface area contributed by atoms with Crippen LogP contribution in [0.3, 0.4) is 0 Å². The molecule has 0 saturated carbocycles. The average molecular weight is 248 g/mol. The Hall–Kier alpha value is -1.55. The van der Waals surface area contributed by atoms with Gasteiger partial charge in [-0.2, -0.15) is 0 Å². The number of piperidine rings is 1. The first kappa shape index (κ1) is 12.9. The van der Waals surface area contributed by atoms with Crippen LogP contribution in [-0.2, 0) is 11.3 Å². The van der Waals surface area contributed by atoms with Crippen molar-refractivity contribution in [3.05, 3.63) is 29.8 Å². The third kappa shape index (κ3) is 3.74. The van der Waals surface area contributed by atoms with Crippen LogP contribution in [0.5, 0.6) is 0 Å². The third-order valence-corrected chi connectivity index (χ3v) is 3.26. The Bertz CT molecular complexity index is 383. The summed E-state index contributed by atoms with van der Waals surface area (Å²) in [5.41, 5.74) is 2.40. The lowest BCUT2D eigenvalue weighted by molar-refractivity contribution is -0.135. The third-order valence-electron chi connectivity index (χ3n) is 3.26. The van der Waals surface area contributed by atoms with Crippen molar-refractivity contribution in [2.75, 3.05) is 24.5 Å². The standard InChI is InChI=1S/C14H20N2O2/c17-14(18)11-15-10-12-4-6-13(7-5-12)16-8-2-1-3-9-16/h4-7,15H,1-3,8-11H2,(H,17,18). The summed E-state index contributed by atoms with van der Waals surface area (Å²) in [5.74, 6) is -0.820. The second-order valence-corrected chi connectivity index (χ2v) is 4.71. The molecular weight excluding hydrogens is 228 g/mol. The highest BCUT2D eigenvalue weighted by Gasteiger charge is 2.10. The van der Waals surface area contributed by atoms with Crippen molar-refractivity contribution in [3.63, 3.8) is 0 Å². The van der Waals surface area contributed by atoms with Gasteiger partial charge >= 0.3 is 5.97 Å². The molecule has 18 heavy (non-hydrogen) atoms. The minimum absolute atomic E-state index is 0.00781. The van der Waals surface area contributed by atoms with Crippen molar-refractivity contribution in [3.8, 4) is 0 Å². The molecule has 1 saturated heterocycles. The summed E-state index contributed by atoms with van der Waals surface area (Å²) in [6, 6.07) is 8.39. The maximum absolute atomic E-state index is 10.4. The Balaban J connectivity index is 1.86. The van der Waals surface area contributed by atoms with Gasteiger partial charge in [0.25, 0.3) is 0 Å². The molecule has 98 valence electrons. The molecule has 0 atom stereocenters. The van der Waals surface area contributed by atoms with Crippen molar-refractivity contribution in [2.24, 2.45) is 0 Å². The zero-order valence-corrected chi connectivity index (χ0v) is 10.6. The zero-order valence-electron chi connectivity index (χ0n) is 10.6. The summed E-state index contributed by atoms with van der Waals surface area (Å²) in [6.07, 6.45) is 3.90. The Labute approximate surface area is 108 Å². The molecule has 0 bridgehead atoms. The van der Waals surface area contributed by atoms with Gasteiger partial charge in [0, 0.05) is 25.3 Å². The van der Waals surface area contributed by atoms with Crippen molar-refractivity contribution in [1.82, 2.24) is 5.32 Å². The minimum atomic E-state index is -0.820. The van der Waals surface area contributed by atoms with E-state index in [4.69, 9.17) is 5.11 Å². The molecular formula is C14H20N2O2. The van der Waals surface area contributed by atoms with Crippen LogP contribution in [0.1, 0.15) is 24.8 Å². The number of carboxylic acids is 1. The predicted molar refractivity (Wildman–Crippen MR) is 71.8 cm³/mol. The summed E-state index contributed by atoms with van der Waals surface area (Å²) in [6.45, 7) is 2.91. The number of anilines is 1. The molecule has 1 aromatic carbocycles. The van der Waals surface area contributed by atoms with Crippen LogP contribution in [0.15, 0.2) is 24.3 Å². The van der Waals surface area contributed by atoms with Gasteiger partial charge in [-0.05, 0) is 37.0 Å². The second-order valence-electron chi connectivity index (χ2n) is 4.71. The Morgan fingerprint density at radius 1 is 1.17 bits per heavy atom. The zero-order chi connectivity index (χ0) is 12.8. The monoisotopic (exact) mass is 248 g/mol. The van der Waals surface area contributed by atoms with Gasteiger partial charge in [-0.1, -0.05) is 12.1 Å². The fourth-order valence-electron chi connectivity index (χ4n) is 2.29. The van der Waals surface area contributed by atoms with E-state index in [2.05, 4.69) is 34.5 Å². The van der Waals surface area contributed by atoms with Crippen molar-refractivity contribution in [1.29, 1.82) is 0 Å². The highest BCUT2D eigenvalue weighted by Crippen LogP contribution is 2.20. The Kier molecular flexibility index (Phi) is 4.59. The largest absolute Gasteiger partial charge is 0.480 e. The molecule has 0 radical (unpaired) electrons. The molecule has 0 spiro atoms. The molecule has 4 nitrogen and oxygen atoms in total. The normalized spacial score (nSPS) is 15.7. The molecule has 1 heterocycles. The molecule has 1 fully saturated rings. The van der Waals surface area contributed by atoms with E-state index in [1.807, 2.05) is 0 Å². The first-order chi connectivity index (χ1) is 8.75. The summed E-state index contributed by atoms with van der Waals surface area (Å²) in [7, 11) is 0. The maximum atomic E-state index is 10.4. The number of carbonyl (C=O) groups is 1. The summed E-state index contributed by atoms with van der Waals surface area (Å²) >= 11 is 0. The van der Waals surface area contributed by atoms with Crippen LogP contribution in [0.4, 0.5) is 5.69 Å². The van der Waals surface area contributed by atoms with Crippen LogP contribution in [0.25, 0.3) is 0 Å². The second kappa shape index (κ2) is 6.40. The van der Waals surface area contributed by atoms with E-state index in [0.29, 0.717) is 6.54 Å². The molecule has 1 aromatic rings. The molecule has 2 N–H and O–H groups in total. The number of hydrogen-bond acceptors (Lipinski definition) is 3. The highest BCUT2D eigenvalue weighted by atomic mass is 16.4. The van der Waals surface area contributed by atoms with E-state index in [1.165, 1.54) is 24.9 Å². The van der Waals surface area contributed by atoms with E-state index >= 15 is 0 Å². The quantitative estimate of drug-likeness (QED) is 0.835. The fourth-order valence-corrected chi connectivity index (χ4v) is 2.29. The van der Waals surface area contributed by atoms with E-state index in [1.54, 1.807) is 0 Å². The van der Waals surface area contributed by atoms with E-state index < -0.39 is 5.97 Å². The fraction of sp³-hybridized carbons (Fsp3) is 0.500. The molecule has 0 aromatic heterocycles. The van der Waals surface area contributed by atoms with Gasteiger partial charge < -0.3 is 15.3 Å². The summed E-state index contributed by atoms with van der Waals surface area (Å²) in [4.78, 5) is 12.8. The number of rotatable bonds is 5. The van der Waals surface area contributed by atoms with Crippen LogP contribution in [0, 0.1) is 0 Å². The molecule has 1 aliphatic heterocycles. The van der Waals surface area contributed by atoms with Crippen LogP contribution in [-0.4, -0.2) is 30.7 Å². The summed E-state index contributed by atoms with van der Waals surface area (Å²) in [5, 5.41) is 11.4. The van der Waals surface area contributed by atoms with Gasteiger partial charge in [-0.25, -0.2) is 0 Å². The van der Waals surface area contributed by atoms with Gasteiger partial charge in [0.1, 0.15) is 0 Å². The SMILES string of the molecule is O=C(O)CNCc1ccc(N2CCCCC2)cc1. The maximum Gasteiger partial charge on any atom is 0.317 e. The highest BCUT2D eigenvalue weighted by molar-refractivity contribution is 5.69. The van der Waals surface area contributed by atoms with Crippen molar-refractivity contribution < 1.29 is 9.90 Å². The number of hydrogen-bond donors (Lipinski definition) is 2. The first-order valence-electron chi connectivity index (χ1n) is 6.52. The predicted octanol–water partition coefficient (Wildman–Crippen LogP) is 1.85. The lowest BCUT2D eigenvalue weighted by atomic mass is 10.1. The van der Waals surface area contributed by atoms with Crippen molar-refractivity contribution in [2.45, 2.75) is 25.8 Å². The van der Waals surface area contributed by atoms with Crippen LogP contribution < -0.4 is 10.2 Å². The number of nitrogens with one attached hydrogen (secondary N) is 1. The van der Waals surface area contributed by atoms with Crippen LogP contribution in [0.2, 0.25) is 0 Å². The van der Waals surface area contributed by atoms with Gasteiger partial charge in [-0.15, -0.1) is 0 Å². The lowest BCUT2D eigenvalue weighted by Gasteiger charge is -2.28. The average Bonchev–Trinajstić information content (AvgIpc) is 2.40. The summed E-state index contributed by atoms with van der Waals surface area (Å²) < 4.78 is 0. The van der Waals surface area contributed by atoms with Gasteiger partial charge in [-0.3, -0.25) is 4.79 Å².